The minimum Gasteiger partial charge on any atom is -0.491 e. The summed E-state index contributed by atoms with van der Waals surface area (Å²) in [4.78, 5) is 31.5. The van der Waals surface area contributed by atoms with Crippen molar-refractivity contribution in [1.29, 1.82) is 0 Å². The molecule has 0 saturated carbocycles. The molecule has 4 amide bonds. The number of anilines is 3. The third kappa shape index (κ3) is 51.1. The van der Waals surface area contributed by atoms with E-state index in [2.05, 4.69) is 26.3 Å². The molecule has 0 unspecified atom stereocenters. The molecule has 0 saturated heterocycles. The van der Waals surface area contributed by atoms with E-state index in [0.717, 1.165) is 57.4 Å². The number of fused-ring (bicyclic) bond motifs is 1. The number of methoxy groups -OCH3 is 3. The van der Waals surface area contributed by atoms with Gasteiger partial charge >= 0.3 is 24.4 Å². The Bertz CT molecular complexity index is 2460. The number of urea groups is 2. The summed E-state index contributed by atoms with van der Waals surface area (Å²) in [6, 6.07) is 7.64. The molecule has 34 heteroatoms. The highest BCUT2D eigenvalue weighted by molar-refractivity contribution is 5.93. The Balaban J connectivity index is 1.39. The summed E-state index contributed by atoms with van der Waals surface area (Å²) in [6.45, 7) is 16.1. The Labute approximate surface area is 608 Å². The van der Waals surface area contributed by atoms with Crippen molar-refractivity contribution in [2.45, 2.75) is 63.7 Å². The monoisotopic (exact) mass is 1510 g/mol. The largest absolute Gasteiger partial charge is 0.491 e. The van der Waals surface area contributed by atoms with Gasteiger partial charge in [-0.2, -0.15) is 26.3 Å². The van der Waals surface area contributed by atoms with Crippen molar-refractivity contribution < 1.29 is 131 Å². The molecule has 4 N–H and O–H groups in total. The van der Waals surface area contributed by atoms with Crippen LogP contribution >= 0.6 is 0 Å². The first-order valence-electron chi connectivity index (χ1n) is 35.7. The van der Waals surface area contributed by atoms with E-state index >= 15 is 0 Å². The molecular formula is C70H116F6N6O22. The van der Waals surface area contributed by atoms with Gasteiger partial charge in [0.05, 0.1) is 229 Å². The van der Waals surface area contributed by atoms with Gasteiger partial charge < -0.3 is 121 Å². The van der Waals surface area contributed by atoms with Gasteiger partial charge in [-0.1, -0.05) is 31.7 Å². The number of benzene rings is 2. The molecule has 104 heavy (non-hydrogen) atoms. The molecule has 0 fully saturated rings. The van der Waals surface area contributed by atoms with Crippen molar-refractivity contribution in [2.24, 2.45) is 0 Å². The van der Waals surface area contributed by atoms with Gasteiger partial charge in [0.25, 0.3) is 0 Å². The summed E-state index contributed by atoms with van der Waals surface area (Å²) in [6.07, 6.45) is -3.41. The van der Waals surface area contributed by atoms with E-state index in [1.54, 1.807) is 44.4 Å². The number of hydrogen-bond donors (Lipinski definition) is 4. The Kier molecular flexibility index (Phi) is 57.1. The average molecular weight is 1510 g/mol. The number of pyridine rings is 1. The lowest BCUT2D eigenvalue weighted by Gasteiger charge is -2.25. The van der Waals surface area contributed by atoms with E-state index in [-0.39, 0.29) is 72.0 Å². The minimum absolute atomic E-state index is 0.0143. The van der Waals surface area contributed by atoms with E-state index in [1.807, 2.05) is 0 Å². The van der Waals surface area contributed by atoms with Crippen LogP contribution in [0.4, 0.5) is 53.0 Å². The second-order valence-corrected chi connectivity index (χ2v) is 22.7. The SMILES string of the molecule is COCCOCCOCCOCCOCCOCCOCCCCCCNC(=O)Nc1cc(NC(=O)NCCCCCCOCCOCCOCCOCCOCCOCCOC)cc(OCCOCCOCCN(CCOCCOCCOC)c2ccc3c(C(F)(F)F)cc(C(F)(F)F)nc3c2)c1. The summed E-state index contributed by atoms with van der Waals surface area (Å²) < 4.78 is 193. The first kappa shape index (κ1) is 93.0. The molecule has 1 heterocycles. The predicted molar refractivity (Wildman–Crippen MR) is 376 cm³/mol. The molecule has 0 aliphatic rings. The topological polar surface area (TPSA) is 283 Å². The van der Waals surface area contributed by atoms with Crippen molar-refractivity contribution >= 4 is 40.0 Å². The third-order valence-corrected chi connectivity index (χ3v) is 14.4. The fourth-order valence-electron chi connectivity index (χ4n) is 9.15. The number of nitrogens with zero attached hydrogens (tertiary/aromatic N) is 2. The highest BCUT2D eigenvalue weighted by atomic mass is 19.4. The van der Waals surface area contributed by atoms with Crippen LogP contribution in [0.15, 0.2) is 42.5 Å². The van der Waals surface area contributed by atoms with Crippen LogP contribution in [0, 0.1) is 0 Å². The molecule has 0 radical (unpaired) electrons. The van der Waals surface area contributed by atoms with Gasteiger partial charge in [-0.15, -0.1) is 0 Å². The minimum atomic E-state index is -5.12. The average Bonchev–Trinajstić information content (AvgIpc) is 0.768. The van der Waals surface area contributed by atoms with E-state index in [4.69, 9.17) is 94.7 Å². The molecule has 600 valence electrons. The number of hydrogen-bond acceptors (Lipinski definition) is 24. The first-order valence-corrected chi connectivity index (χ1v) is 35.7. The van der Waals surface area contributed by atoms with Crippen LogP contribution in [0.1, 0.15) is 62.6 Å². The van der Waals surface area contributed by atoms with Crippen LogP contribution in [0.2, 0.25) is 0 Å². The summed E-state index contributed by atoms with van der Waals surface area (Å²) in [7, 11) is 4.80. The Hall–Kier alpha value is -5.19. The summed E-state index contributed by atoms with van der Waals surface area (Å²) >= 11 is 0. The van der Waals surface area contributed by atoms with Crippen molar-refractivity contribution in [3.63, 3.8) is 0 Å². The Morgan fingerprint density at radius 2 is 0.673 bits per heavy atom. The van der Waals surface area contributed by atoms with E-state index < -0.39 is 46.6 Å². The number of unbranched alkanes of at least 4 members (excludes halogenated alkanes) is 6. The molecule has 3 aromatic rings. The van der Waals surface area contributed by atoms with E-state index in [9.17, 15) is 35.9 Å². The highest BCUT2D eigenvalue weighted by Gasteiger charge is 2.39. The van der Waals surface area contributed by atoms with Crippen LogP contribution in [0.3, 0.4) is 0 Å². The van der Waals surface area contributed by atoms with Crippen molar-refractivity contribution in [1.82, 2.24) is 15.6 Å². The molecule has 28 nitrogen and oxygen atoms in total. The molecule has 2 aromatic carbocycles. The summed E-state index contributed by atoms with van der Waals surface area (Å²) in [5, 5.41) is 10.9. The summed E-state index contributed by atoms with van der Waals surface area (Å²) in [5.74, 6) is 0.332. The predicted octanol–water partition coefficient (Wildman–Crippen LogP) is 8.73. The van der Waals surface area contributed by atoms with Gasteiger partial charge in [0.15, 0.2) is 0 Å². The molecule has 0 aliphatic carbocycles. The number of alkyl halides is 6. The molecule has 0 spiro atoms. The first-order chi connectivity index (χ1) is 50.7. The quantitative estimate of drug-likeness (QED) is 0.0303. The van der Waals surface area contributed by atoms with E-state index in [1.165, 1.54) is 12.1 Å². The van der Waals surface area contributed by atoms with Crippen LogP contribution in [-0.4, -0.2) is 302 Å². The van der Waals surface area contributed by atoms with Gasteiger partial charge in [0.2, 0.25) is 0 Å². The highest BCUT2D eigenvalue weighted by Crippen LogP contribution is 2.39. The number of rotatable bonds is 72. The maximum atomic E-state index is 14.0. The lowest BCUT2D eigenvalue weighted by molar-refractivity contribution is -0.144. The number of halogens is 6. The molecule has 0 aliphatic heterocycles. The second-order valence-electron chi connectivity index (χ2n) is 22.7. The smallest absolute Gasteiger partial charge is 0.433 e. The van der Waals surface area contributed by atoms with Gasteiger partial charge in [-0.05, 0) is 49.9 Å². The normalized spacial score (nSPS) is 11.9. The van der Waals surface area contributed by atoms with Gasteiger partial charge in [0, 0.05) is 95.3 Å². The van der Waals surface area contributed by atoms with E-state index in [0.29, 0.717) is 221 Å². The maximum absolute atomic E-state index is 14.0. The number of amides is 4. The summed E-state index contributed by atoms with van der Waals surface area (Å²) in [5.41, 5.74) is -2.56. The van der Waals surface area contributed by atoms with Crippen LogP contribution in [0.25, 0.3) is 10.9 Å². The third-order valence-electron chi connectivity index (χ3n) is 14.4. The molecule has 1 aromatic heterocycles. The van der Waals surface area contributed by atoms with Crippen molar-refractivity contribution in [3.8, 4) is 5.75 Å². The lowest BCUT2D eigenvalue weighted by Crippen LogP contribution is -2.31. The van der Waals surface area contributed by atoms with Crippen LogP contribution in [0.5, 0.6) is 5.75 Å². The zero-order valence-electron chi connectivity index (χ0n) is 61.1. The fraction of sp³-hybridized carbons (Fsp3) is 0.757. The Morgan fingerprint density at radius 1 is 0.356 bits per heavy atom. The molecule has 3 rings (SSSR count). The van der Waals surface area contributed by atoms with Crippen LogP contribution in [-0.2, 0) is 102 Å². The standard InChI is InChI=1S/C70H116F6N6O22/c1-85-22-25-92-34-30-90-20-16-82(61-12-13-63-64(69(71,72)73)58-66(70(74,75)76)81-65(63)57-61)17-21-91-31-35-103-52-53-104-62-55-59(79-67(83)77-14-8-4-6-10-18-88-28-32-95-40-42-99-48-50-101-46-44-97-38-36-93-26-23-86-2)54-60(56-62)80-68(84)78-15-9-5-7-11-19-89-29-33-96-41-43-100-49-51-102-47-45-98-39-37-94-27-24-87-3/h12-13,54-58H,4-11,14-53H2,1-3H3,(H2,77,79,83)(H2,78,80,84). The Morgan fingerprint density at radius 3 is 1.01 bits per heavy atom. The second kappa shape index (κ2) is 63.9. The zero-order chi connectivity index (χ0) is 74.9. The number of carbonyl (C=O) groups excluding carboxylic acids is 2. The molecular weight excluding hydrogens is 1390 g/mol. The van der Waals surface area contributed by atoms with Crippen molar-refractivity contribution in [2.75, 3.05) is 301 Å². The van der Waals surface area contributed by atoms with Gasteiger partial charge in [-0.3, -0.25) is 0 Å². The van der Waals surface area contributed by atoms with Gasteiger partial charge in [0.1, 0.15) is 18.1 Å². The zero-order valence-corrected chi connectivity index (χ0v) is 61.1. The van der Waals surface area contributed by atoms with Gasteiger partial charge in [-0.25, -0.2) is 14.6 Å². The van der Waals surface area contributed by atoms with Crippen molar-refractivity contribution in [3.05, 3.63) is 53.7 Å². The lowest BCUT2D eigenvalue weighted by atomic mass is 10.1. The number of nitrogens with one attached hydrogen (secondary N) is 4. The molecule has 0 atom stereocenters. The molecule has 0 bridgehead atoms. The number of carbonyl (C=O) groups is 2. The maximum Gasteiger partial charge on any atom is 0.433 e. The fourth-order valence-corrected chi connectivity index (χ4v) is 9.15. The number of ether oxygens (including phenoxy) is 20. The van der Waals surface area contributed by atoms with Crippen LogP contribution < -0.4 is 30.9 Å². The number of aromatic nitrogens is 1.